The molecule has 3 aromatic carbocycles. The zero-order valence-corrected chi connectivity index (χ0v) is 19.7. The number of rotatable bonds is 6. The van der Waals surface area contributed by atoms with Crippen molar-refractivity contribution in [3.05, 3.63) is 94.2 Å². The standard InChI is InChI=1S/C28H28N2O3/c1-6-33-24-10-8-7-9-23(24)29-26-25(21-13-11-17(2)19(4)15-21)27(31)30(28(26)32)22-14-12-18(3)20(5)16-22/h7-16,29H,6H2,1-5H3. The molecule has 0 aromatic heterocycles. The third-order valence-electron chi connectivity index (χ3n) is 6.07. The van der Waals surface area contributed by atoms with E-state index in [9.17, 15) is 9.59 Å². The van der Waals surface area contributed by atoms with E-state index in [2.05, 4.69) is 5.32 Å². The lowest BCUT2D eigenvalue weighted by Gasteiger charge is -2.17. The van der Waals surface area contributed by atoms with Crippen molar-refractivity contribution in [1.29, 1.82) is 0 Å². The van der Waals surface area contributed by atoms with E-state index in [1.54, 1.807) is 0 Å². The highest BCUT2D eigenvalue weighted by atomic mass is 16.5. The Balaban J connectivity index is 1.86. The Morgan fingerprint density at radius 2 is 1.45 bits per heavy atom. The van der Waals surface area contributed by atoms with Crippen molar-refractivity contribution in [2.24, 2.45) is 0 Å². The van der Waals surface area contributed by atoms with E-state index in [0.717, 1.165) is 22.3 Å². The number of anilines is 2. The smallest absolute Gasteiger partial charge is 0.282 e. The van der Waals surface area contributed by atoms with Crippen molar-refractivity contribution >= 4 is 28.8 Å². The highest BCUT2D eigenvalue weighted by Crippen LogP contribution is 2.36. The third-order valence-corrected chi connectivity index (χ3v) is 6.07. The SMILES string of the molecule is CCOc1ccccc1NC1=C(c2ccc(C)c(C)c2)C(=O)N(c2ccc(C)c(C)c2)C1=O. The van der Waals surface area contributed by atoms with Crippen LogP contribution in [0.1, 0.15) is 34.7 Å². The fourth-order valence-corrected chi connectivity index (χ4v) is 3.90. The second-order valence-electron chi connectivity index (χ2n) is 8.32. The van der Waals surface area contributed by atoms with Crippen LogP contribution in [-0.4, -0.2) is 18.4 Å². The predicted molar refractivity (Wildman–Crippen MR) is 132 cm³/mol. The molecule has 3 aromatic rings. The summed E-state index contributed by atoms with van der Waals surface area (Å²) in [6.07, 6.45) is 0. The van der Waals surface area contributed by atoms with Crippen molar-refractivity contribution in [2.75, 3.05) is 16.8 Å². The molecule has 0 aliphatic carbocycles. The van der Waals surface area contributed by atoms with Crippen LogP contribution in [0.25, 0.3) is 5.57 Å². The van der Waals surface area contributed by atoms with Gasteiger partial charge in [0, 0.05) is 0 Å². The summed E-state index contributed by atoms with van der Waals surface area (Å²) in [4.78, 5) is 28.6. The molecule has 0 fully saturated rings. The van der Waals surface area contributed by atoms with E-state index in [1.165, 1.54) is 4.90 Å². The molecule has 0 radical (unpaired) electrons. The van der Waals surface area contributed by atoms with Gasteiger partial charge in [-0.1, -0.05) is 36.4 Å². The zero-order valence-electron chi connectivity index (χ0n) is 19.7. The number of hydrogen-bond acceptors (Lipinski definition) is 4. The molecular weight excluding hydrogens is 412 g/mol. The summed E-state index contributed by atoms with van der Waals surface area (Å²) >= 11 is 0. The Morgan fingerprint density at radius 1 is 0.788 bits per heavy atom. The molecule has 168 valence electrons. The molecule has 0 saturated carbocycles. The number of amides is 2. The first-order valence-electron chi connectivity index (χ1n) is 11.1. The van der Waals surface area contributed by atoms with Gasteiger partial charge in [-0.2, -0.15) is 0 Å². The second-order valence-corrected chi connectivity index (χ2v) is 8.32. The van der Waals surface area contributed by atoms with Crippen LogP contribution in [-0.2, 0) is 9.59 Å². The van der Waals surface area contributed by atoms with Crippen LogP contribution >= 0.6 is 0 Å². The number of nitrogens with one attached hydrogen (secondary N) is 1. The number of ether oxygens (including phenoxy) is 1. The first-order chi connectivity index (χ1) is 15.8. The third kappa shape index (κ3) is 4.14. The van der Waals surface area contributed by atoms with Gasteiger partial charge in [0.1, 0.15) is 11.4 Å². The Labute approximate surface area is 194 Å². The molecule has 0 spiro atoms. The monoisotopic (exact) mass is 440 g/mol. The summed E-state index contributed by atoms with van der Waals surface area (Å²) in [6.45, 7) is 10.4. The maximum absolute atomic E-state index is 13.7. The van der Waals surface area contributed by atoms with Gasteiger partial charge in [0.25, 0.3) is 11.8 Å². The molecule has 0 bridgehead atoms. The Kier molecular flexibility index (Phi) is 6.05. The summed E-state index contributed by atoms with van der Waals surface area (Å²) in [5.74, 6) is -0.109. The average Bonchev–Trinajstić information content (AvgIpc) is 3.03. The number of carbonyl (C=O) groups is 2. The molecule has 1 aliphatic heterocycles. The van der Waals surface area contributed by atoms with E-state index in [0.29, 0.717) is 34.9 Å². The van der Waals surface area contributed by atoms with Gasteiger partial charge in [-0.25, -0.2) is 4.90 Å². The lowest BCUT2D eigenvalue weighted by atomic mass is 9.99. The van der Waals surface area contributed by atoms with E-state index < -0.39 is 0 Å². The molecule has 1 N–H and O–H groups in total. The number of aryl methyl sites for hydroxylation is 4. The lowest BCUT2D eigenvalue weighted by Crippen LogP contribution is -2.32. The molecule has 0 unspecified atom stereocenters. The van der Waals surface area contributed by atoms with Crippen molar-refractivity contribution in [2.45, 2.75) is 34.6 Å². The molecule has 5 nitrogen and oxygen atoms in total. The predicted octanol–water partition coefficient (Wildman–Crippen LogP) is 5.72. The number of imide groups is 1. The molecule has 33 heavy (non-hydrogen) atoms. The van der Waals surface area contributed by atoms with Crippen LogP contribution < -0.4 is 15.0 Å². The molecule has 0 atom stereocenters. The maximum atomic E-state index is 13.7. The Morgan fingerprint density at radius 3 is 2.12 bits per heavy atom. The van der Waals surface area contributed by atoms with Gasteiger partial charge < -0.3 is 10.1 Å². The first-order valence-corrected chi connectivity index (χ1v) is 11.1. The average molecular weight is 441 g/mol. The van der Waals surface area contributed by atoms with E-state index in [4.69, 9.17) is 4.74 Å². The van der Waals surface area contributed by atoms with E-state index in [1.807, 2.05) is 95.3 Å². The number of carbonyl (C=O) groups excluding carboxylic acids is 2. The maximum Gasteiger partial charge on any atom is 0.282 e. The van der Waals surface area contributed by atoms with Crippen LogP contribution in [0.5, 0.6) is 5.75 Å². The molecule has 1 heterocycles. The quantitative estimate of drug-likeness (QED) is 0.499. The summed E-state index contributed by atoms with van der Waals surface area (Å²) in [5, 5.41) is 3.23. The van der Waals surface area contributed by atoms with Gasteiger partial charge in [-0.15, -0.1) is 0 Å². The minimum absolute atomic E-state index is 0.244. The van der Waals surface area contributed by atoms with Crippen LogP contribution in [0.15, 0.2) is 66.4 Å². The number of benzene rings is 3. The number of nitrogens with zero attached hydrogens (tertiary/aromatic N) is 1. The van der Waals surface area contributed by atoms with Gasteiger partial charge in [0.05, 0.1) is 23.6 Å². The minimum Gasteiger partial charge on any atom is -0.492 e. The number of para-hydroxylation sites is 2. The summed E-state index contributed by atoms with van der Waals surface area (Å²) < 4.78 is 5.73. The summed E-state index contributed by atoms with van der Waals surface area (Å²) in [5.41, 5.74) is 6.80. The fraction of sp³-hybridized carbons (Fsp3) is 0.214. The van der Waals surface area contributed by atoms with Gasteiger partial charge in [-0.3, -0.25) is 9.59 Å². The fourth-order valence-electron chi connectivity index (χ4n) is 3.90. The highest BCUT2D eigenvalue weighted by Gasteiger charge is 2.40. The Bertz CT molecular complexity index is 1290. The van der Waals surface area contributed by atoms with Gasteiger partial charge in [0.2, 0.25) is 0 Å². The van der Waals surface area contributed by atoms with Crippen LogP contribution in [0.2, 0.25) is 0 Å². The van der Waals surface area contributed by atoms with Gasteiger partial charge in [-0.05, 0) is 86.7 Å². The van der Waals surface area contributed by atoms with E-state index in [-0.39, 0.29) is 17.5 Å². The van der Waals surface area contributed by atoms with Gasteiger partial charge >= 0.3 is 0 Å². The van der Waals surface area contributed by atoms with Crippen molar-refractivity contribution in [1.82, 2.24) is 0 Å². The normalized spacial score (nSPS) is 13.7. The van der Waals surface area contributed by atoms with Crippen molar-refractivity contribution < 1.29 is 14.3 Å². The molecule has 2 amide bonds. The zero-order chi connectivity index (χ0) is 23.7. The first kappa shape index (κ1) is 22.3. The van der Waals surface area contributed by atoms with Crippen LogP contribution in [0, 0.1) is 27.7 Å². The largest absolute Gasteiger partial charge is 0.492 e. The van der Waals surface area contributed by atoms with Crippen LogP contribution in [0.4, 0.5) is 11.4 Å². The van der Waals surface area contributed by atoms with Crippen LogP contribution in [0.3, 0.4) is 0 Å². The molecule has 4 rings (SSSR count). The topological polar surface area (TPSA) is 58.6 Å². The summed E-state index contributed by atoms with van der Waals surface area (Å²) in [7, 11) is 0. The van der Waals surface area contributed by atoms with Gasteiger partial charge in [0.15, 0.2) is 0 Å². The second kappa shape index (κ2) is 8.94. The highest BCUT2D eigenvalue weighted by molar-refractivity contribution is 6.46. The molecular formula is C28H28N2O3. The van der Waals surface area contributed by atoms with E-state index >= 15 is 0 Å². The lowest BCUT2D eigenvalue weighted by molar-refractivity contribution is -0.120. The summed E-state index contributed by atoms with van der Waals surface area (Å²) in [6, 6.07) is 18.8. The molecule has 0 saturated heterocycles. The number of hydrogen-bond donors (Lipinski definition) is 1. The van der Waals surface area contributed by atoms with Crippen molar-refractivity contribution in [3.8, 4) is 5.75 Å². The van der Waals surface area contributed by atoms with Crippen molar-refractivity contribution in [3.63, 3.8) is 0 Å². The Hall–Kier alpha value is -3.86. The molecule has 1 aliphatic rings. The minimum atomic E-state index is -0.386. The molecule has 5 heteroatoms.